The van der Waals surface area contributed by atoms with Gasteiger partial charge in [0.2, 0.25) is 0 Å². The number of nitrogens with one attached hydrogen (secondary N) is 2. The molecule has 1 aromatic carbocycles. The van der Waals surface area contributed by atoms with Crippen LogP contribution in [0.4, 0.5) is 14.5 Å². The monoisotopic (exact) mass is 455 g/mol. The molecule has 0 bridgehead atoms. The van der Waals surface area contributed by atoms with E-state index in [2.05, 4.69) is 32.9 Å². The summed E-state index contributed by atoms with van der Waals surface area (Å²) in [6, 6.07) is 3.79. The minimum atomic E-state index is -0.680. The molecule has 0 unspecified atom stereocenters. The Hall–Kier alpha value is -3.00. The number of rotatable bonds is 3. The van der Waals surface area contributed by atoms with Gasteiger partial charge in [-0.25, -0.2) is 13.8 Å². The van der Waals surface area contributed by atoms with Gasteiger partial charge in [-0.3, -0.25) is 5.10 Å². The van der Waals surface area contributed by atoms with E-state index in [0.29, 0.717) is 17.1 Å². The molecule has 0 amide bonds. The molecule has 2 N–H and O–H groups in total. The minimum absolute atomic E-state index is 0.107. The number of amidine groups is 1. The van der Waals surface area contributed by atoms with Crippen LogP contribution < -0.4 is 5.32 Å². The second kappa shape index (κ2) is 8.86. The summed E-state index contributed by atoms with van der Waals surface area (Å²) in [6.45, 7) is 11.8. The number of anilines is 1. The van der Waals surface area contributed by atoms with Gasteiger partial charge in [0.25, 0.3) is 0 Å². The number of aryl methyl sites for hydroxylation is 1. The quantitative estimate of drug-likeness (QED) is 0.635. The van der Waals surface area contributed by atoms with Crippen molar-refractivity contribution in [1.29, 1.82) is 0 Å². The van der Waals surface area contributed by atoms with Crippen molar-refractivity contribution >= 4 is 33.5 Å². The molecule has 0 atom stereocenters. The Morgan fingerprint density at radius 3 is 2.47 bits per heavy atom. The smallest absolute Gasteiger partial charge is 0.144 e. The van der Waals surface area contributed by atoms with Crippen LogP contribution in [0.2, 0.25) is 0 Å². The van der Waals surface area contributed by atoms with E-state index in [1.54, 1.807) is 0 Å². The van der Waals surface area contributed by atoms with Crippen molar-refractivity contribution in [1.82, 2.24) is 15.1 Å². The van der Waals surface area contributed by atoms with Crippen molar-refractivity contribution in [3.05, 3.63) is 76.4 Å². The number of hydrogen-bond acceptors (Lipinski definition) is 4. The molecule has 0 aliphatic carbocycles. The Morgan fingerprint density at radius 2 is 1.84 bits per heavy atom. The minimum Gasteiger partial charge on any atom is -0.370 e. The van der Waals surface area contributed by atoms with Crippen molar-refractivity contribution < 1.29 is 8.78 Å². The second-order valence-corrected chi connectivity index (χ2v) is 10.2. The van der Waals surface area contributed by atoms with Crippen molar-refractivity contribution in [3.8, 4) is 0 Å². The molecule has 2 aliphatic rings. The Kier molecular flexibility index (Phi) is 6.15. The fourth-order valence-corrected chi connectivity index (χ4v) is 4.97. The molecule has 0 radical (unpaired) electrons. The predicted molar refractivity (Wildman–Crippen MR) is 131 cm³/mol. The molecule has 0 spiro atoms. The van der Waals surface area contributed by atoms with E-state index in [4.69, 9.17) is 4.99 Å². The Balaban J connectivity index is 1.87. The van der Waals surface area contributed by atoms with Gasteiger partial charge in [-0.15, -0.1) is 0 Å². The van der Waals surface area contributed by atoms with Crippen LogP contribution in [0.5, 0.6) is 0 Å². The molecule has 1 saturated heterocycles. The van der Waals surface area contributed by atoms with E-state index in [9.17, 15) is 8.78 Å². The van der Waals surface area contributed by atoms with Gasteiger partial charge in [0.1, 0.15) is 23.2 Å². The highest BCUT2D eigenvalue weighted by molar-refractivity contribution is 8.14. The number of halogens is 2. The summed E-state index contributed by atoms with van der Waals surface area (Å²) < 4.78 is 29.3. The van der Waals surface area contributed by atoms with Gasteiger partial charge < -0.3 is 10.2 Å². The molecule has 1 aromatic heterocycles. The summed E-state index contributed by atoms with van der Waals surface area (Å²) in [5.41, 5.74) is 4.95. The third-order valence-corrected chi connectivity index (χ3v) is 7.13. The van der Waals surface area contributed by atoms with Crippen LogP contribution in [0, 0.1) is 18.6 Å². The second-order valence-electron chi connectivity index (χ2n) is 8.16. The number of aromatic nitrogens is 2. The number of nitrogens with zero attached hydrogens (tertiary/aromatic N) is 3. The molecule has 168 valence electrons. The van der Waals surface area contributed by atoms with Gasteiger partial charge in [-0.05, 0) is 44.6 Å². The molecular weight excluding hydrogens is 428 g/mol. The van der Waals surface area contributed by atoms with Crippen molar-refractivity contribution in [2.75, 3.05) is 29.9 Å². The number of aromatic amines is 1. The Morgan fingerprint density at radius 1 is 1.19 bits per heavy atom. The van der Waals surface area contributed by atoms with Gasteiger partial charge >= 0.3 is 0 Å². The van der Waals surface area contributed by atoms with Gasteiger partial charge in [-0.1, -0.05) is 18.5 Å². The third-order valence-electron chi connectivity index (χ3n) is 5.61. The lowest BCUT2D eigenvalue weighted by Crippen LogP contribution is -2.32. The molecular formula is C24H27F2N5S. The maximum Gasteiger partial charge on any atom is 0.144 e. The summed E-state index contributed by atoms with van der Waals surface area (Å²) in [4.78, 5) is 6.94. The highest BCUT2D eigenvalue weighted by atomic mass is 32.2. The number of allylic oxidation sites excluding steroid dienone is 3. The first-order chi connectivity index (χ1) is 15.3. The normalized spacial score (nSPS) is 18.2. The molecule has 1 fully saturated rings. The topological polar surface area (TPSA) is 56.3 Å². The van der Waals surface area contributed by atoms with Crippen LogP contribution in [0.25, 0.3) is 5.57 Å². The maximum atomic E-state index is 14.6. The summed E-state index contributed by atoms with van der Waals surface area (Å²) in [6.07, 6.45) is 1.97. The first kappa shape index (κ1) is 22.2. The highest BCUT2D eigenvalue weighted by Crippen LogP contribution is 2.37. The van der Waals surface area contributed by atoms with E-state index >= 15 is 0 Å². The first-order valence-corrected chi connectivity index (χ1v) is 12.2. The van der Waals surface area contributed by atoms with E-state index in [-0.39, 0.29) is 21.9 Å². The molecule has 32 heavy (non-hydrogen) atoms. The summed E-state index contributed by atoms with van der Waals surface area (Å²) in [5, 5.41) is 10.6. The largest absolute Gasteiger partial charge is 0.370 e. The lowest BCUT2D eigenvalue weighted by atomic mass is 10.0. The van der Waals surface area contributed by atoms with Crippen LogP contribution >= 0.6 is 10.5 Å². The van der Waals surface area contributed by atoms with E-state index in [0.717, 1.165) is 47.1 Å². The van der Waals surface area contributed by atoms with Crippen molar-refractivity contribution in [2.24, 2.45) is 4.99 Å². The summed E-state index contributed by atoms with van der Waals surface area (Å²) in [5.74, 6) is 5.02. The van der Waals surface area contributed by atoms with Crippen molar-refractivity contribution in [3.63, 3.8) is 0 Å². The van der Waals surface area contributed by atoms with Gasteiger partial charge in [0.15, 0.2) is 0 Å². The average Bonchev–Trinajstić information content (AvgIpc) is 3.01. The zero-order valence-corrected chi connectivity index (χ0v) is 19.4. The zero-order valence-electron chi connectivity index (χ0n) is 18.6. The number of aliphatic imine (C=N–C) groups is 1. The van der Waals surface area contributed by atoms with Crippen LogP contribution in [0.15, 0.2) is 52.8 Å². The molecule has 8 heteroatoms. The van der Waals surface area contributed by atoms with Crippen molar-refractivity contribution in [2.45, 2.75) is 20.8 Å². The molecule has 5 nitrogen and oxygen atoms in total. The lowest BCUT2D eigenvalue weighted by Gasteiger charge is -2.31. The SMILES string of the molecule is C=C(/C=C1\C(=C(C)C)N=C(c2c(F)cccc2F)Nc2c1n[nH]c2C)N1CCS(=C)CC1. The standard InChI is InChI=1S/C24H27F2N5S/c1-14(2)21-17(13-15(3)31-9-11-32(5)12-10-31)23-22(16(4)29-30-23)28-24(27-21)20-18(25)7-6-8-19(20)26/h6-8,13H,3,5,9-12H2,1-2,4H3,(H,27,28)(H,29,30)/b17-13+. The number of fused-ring (bicyclic) bond motifs is 1. The Bertz CT molecular complexity index is 1170. The maximum absolute atomic E-state index is 14.6. The number of H-pyrrole nitrogens is 1. The molecule has 4 rings (SSSR count). The van der Waals surface area contributed by atoms with Gasteiger partial charge in [-0.2, -0.15) is 15.6 Å². The third kappa shape index (κ3) is 4.19. The summed E-state index contributed by atoms with van der Waals surface area (Å²) >= 11 is 0. The molecule has 0 saturated carbocycles. The fourth-order valence-electron chi connectivity index (χ4n) is 3.81. The van der Waals surface area contributed by atoms with Crippen LogP contribution in [0.3, 0.4) is 0 Å². The van der Waals surface area contributed by atoms with Crippen LogP contribution in [-0.2, 0) is 0 Å². The zero-order chi connectivity index (χ0) is 23.0. The fraction of sp³-hybridized carbons (Fsp3) is 0.292. The van der Waals surface area contributed by atoms with Gasteiger partial charge in [0, 0.05) is 35.9 Å². The Labute approximate surface area is 189 Å². The molecule has 2 aromatic rings. The first-order valence-electron chi connectivity index (χ1n) is 10.4. The van der Waals surface area contributed by atoms with E-state index < -0.39 is 11.6 Å². The predicted octanol–water partition coefficient (Wildman–Crippen LogP) is 5.08. The van der Waals surface area contributed by atoms with E-state index in [1.807, 2.05) is 26.8 Å². The lowest BCUT2D eigenvalue weighted by molar-refractivity contribution is 0.394. The van der Waals surface area contributed by atoms with Gasteiger partial charge in [0.05, 0.1) is 22.6 Å². The van der Waals surface area contributed by atoms with Crippen LogP contribution in [0.1, 0.15) is 30.8 Å². The number of benzene rings is 1. The molecule has 3 heterocycles. The van der Waals surface area contributed by atoms with Crippen LogP contribution in [-0.4, -0.2) is 51.4 Å². The van der Waals surface area contributed by atoms with E-state index in [1.165, 1.54) is 18.2 Å². The highest BCUT2D eigenvalue weighted by Gasteiger charge is 2.27. The average molecular weight is 456 g/mol. The summed E-state index contributed by atoms with van der Waals surface area (Å²) in [7, 11) is 0.202. The number of hydrogen-bond donors (Lipinski definition) is 2. The molecule has 2 aliphatic heterocycles.